The van der Waals surface area contributed by atoms with Crippen LogP contribution in [0.2, 0.25) is 5.02 Å². The third-order valence-electron chi connectivity index (χ3n) is 4.89. The smallest absolute Gasteiger partial charge is 0.330 e. The van der Waals surface area contributed by atoms with Gasteiger partial charge in [0.25, 0.3) is 5.56 Å². The summed E-state index contributed by atoms with van der Waals surface area (Å²) in [6, 6.07) is 7.99. The fourth-order valence-corrected chi connectivity index (χ4v) is 3.61. The Hall–Kier alpha value is -1.93. The average Bonchev–Trinajstić information content (AvgIpc) is 2.68. The molecule has 0 amide bonds. The Morgan fingerprint density at radius 1 is 1.22 bits per heavy atom. The molecule has 1 aromatic carbocycles. The average molecular weight is 393 g/mol. The summed E-state index contributed by atoms with van der Waals surface area (Å²) in [5.41, 5.74) is 1.10. The molecular formula is C19H25ClN4O3. The highest BCUT2D eigenvalue weighted by atomic mass is 35.5. The molecule has 0 aliphatic carbocycles. The summed E-state index contributed by atoms with van der Waals surface area (Å²) in [6.45, 7) is 4.16. The van der Waals surface area contributed by atoms with E-state index in [4.69, 9.17) is 16.3 Å². The van der Waals surface area contributed by atoms with Crippen molar-refractivity contribution in [2.75, 3.05) is 32.8 Å². The Kier molecular flexibility index (Phi) is 6.49. The summed E-state index contributed by atoms with van der Waals surface area (Å²) in [5, 5.41) is 4.08. The second kappa shape index (κ2) is 8.84. The first-order valence-electron chi connectivity index (χ1n) is 9.01. The molecule has 2 heterocycles. The van der Waals surface area contributed by atoms with Gasteiger partial charge < -0.3 is 14.6 Å². The predicted molar refractivity (Wildman–Crippen MR) is 105 cm³/mol. The van der Waals surface area contributed by atoms with E-state index in [0.29, 0.717) is 36.9 Å². The van der Waals surface area contributed by atoms with Gasteiger partial charge >= 0.3 is 5.69 Å². The molecule has 8 heteroatoms. The molecule has 1 unspecified atom stereocenters. The quantitative estimate of drug-likeness (QED) is 0.791. The first-order chi connectivity index (χ1) is 13.0. The van der Waals surface area contributed by atoms with E-state index in [1.807, 2.05) is 18.2 Å². The lowest BCUT2D eigenvalue weighted by Gasteiger charge is -2.35. The molecule has 2 aromatic rings. The van der Waals surface area contributed by atoms with Crippen molar-refractivity contribution < 1.29 is 4.74 Å². The molecule has 1 aliphatic heterocycles. The SMILES string of the molecule is Cn1cc(CNCC(c2cccc(Cl)c2)N2CCOCC2)c(=O)n(C)c1=O. The van der Waals surface area contributed by atoms with Gasteiger partial charge in [-0.05, 0) is 17.7 Å². The van der Waals surface area contributed by atoms with Crippen molar-refractivity contribution in [2.45, 2.75) is 12.6 Å². The molecule has 3 rings (SSSR count). The van der Waals surface area contributed by atoms with Gasteiger partial charge in [0.15, 0.2) is 0 Å². The molecule has 7 nitrogen and oxygen atoms in total. The lowest BCUT2D eigenvalue weighted by molar-refractivity contribution is 0.0161. The molecule has 0 radical (unpaired) electrons. The topological polar surface area (TPSA) is 68.5 Å². The van der Waals surface area contributed by atoms with Crippen molar-refractivity contribution in [1.29, 1.82) is 0 Å². The zero-order chi connectivity index (χ0) is 19.4. The van der Waals surface area contributed by atoms with Crippen LogP contribution >= 0.6 is 11.6 Å². The number of hydrogen-bond acceptors (Lipinski definition) is 5. The molecular weight excluding hydrogens is 368 g/mol. The number of ether oxygens (including phenoxy) is 1. The second-order valence-electron chi connectivity index (χ2n) is 6.76. The molecule has 1 aliphatic rings. The van der Waals surface area contributed by atoms with Crippen molar-refractivity contribution >= 4 is 11.6 Å². The maximum atomic E-state index is 12.3. The fraction of sp³-hybridized carbons (Fsp3) is 0.474. The number of hydrogen-bond donors (Lipinski definition) is 1. The lowest BCUT2D eigenvalue weighted by Crippen LogP contribution is -2.43. The molecule has 1 atom stereocenters. The lowest BCUT2D eigenvalue weighted by atomic mass is 10.0. The van der Waals surface area contributed by atoms with Crippen LogP contribution in [0.3, 0.4) is 0 Å². The Labute approximate surface area is 163 Å². The van der Waals surface area contributed by atoms with Crippen LogP contribution in [0.1, 0.15) is 17.2 Å². The van der Waals surface area contributed by atoms with Crippen molar-refractivity contribution in [3.05, 3.63) is 67.4 Å². The summed E-state index contributed by atoms with van der Waals surface area (Å²) in [5.74, 6) is 0. The minimum atomic E-state index is -0.325. The minimum Gasteiger partial charge on any atom is -0.379 e. The number of halogens is 1. The van der Waals surface area contributed by atoms with E-state index in [1.54, 1.807) is 13.2 Å². The molecule has 0 bridgehead atoms. The Balaban J connectivity index is 1.75. The highest BCUT2D eigenvalue weighted by Crippen LogP contribution is 2.24. The van der Waals surface area contributed by atoms with Crippen molar-refractivity contribution in [2.24, 2.45) is 14.1 Å². The van der Waals surface area contributed by atoms with E-state index in [9.17, 15) is 9.59 Å². The zero-order valence-corrected chi connectivity index (χ0v) is 16.4. The van der Waals surface area contributed by atoms with Gasteiger partial charge in [0, 0.05) is 63.1 Å². The highest BCUT2D eigenvalue weighted by Gasteiger charge is 2.22. The van der Waals surface area contributed by atoms with Crippen LogP contribution in [-0.4, -0.2) is 46.9 Å². The standard InChI is InChI=1S/C19H25ClN4O3/c1-22-13-15(18(25)23(2)19(22)26)11-21-12-17(24-6-8-27-9-7-24)14-4-3-5-16(20)10-14/h3-5,10,13,17,21H,6-9,11-12H2,1-2H3. The summed E-state index contributed by atoms with van der Waals surface area (Å²) in [6.07, 6.45) is 1.60. The van der Waals surface area contributed by atoms with Gasteiger partial charge in [-0.2, -0.15) is 0 Å². The van der Waals surface area contributed by atoms with Gasteiger partial charge in [-0.3, -0.25) is 14.3 Å². The van der Waals surface area contributed by atoms with Crippen molar-refractivity contribution in [3.63, 3.8) is 0 Å². The molecule has 1 aromatic heterocycles. The normalized spacial score (nSPS) is 16.4. The molecule has 0 saturated carbocycles. The summed E-state index contributed by atoms with van der Waals surface area (Å²) < 4.78 is 8.03. The van der Waals surface area contributed by atoms with Crippen LogP contribution in [0.4, 0.5) is 0 Å². The Morgan fingerprint density at radius 2 is 1.96 bits per heavy atom. The van der Waals surface area contributed by atoms with Crippen molar-refractivity contribution in [3.8, 4) is 0 Å². The zero-order valence-electron chi connectivity index (χ0n) is 15.7. The van der Waals surface area contributed by atoms with E-state index >= 15 is 0 Å². The summed E-state index contributed by atoms with van der Waals surface area (Å²) in [7, 11) is 3.14. The fourth-order valence-electron chi connectivity index (χ4n) is 3.41. The molecule has 27 heavy (non-hydrogen) atoms. The number of nitrogens with one attached hydrogen (secondary N) is 1. The van der Waals surface area contributed by atoms with Crippen molar-refractivity contribution in [1.82, 2.24) is 19.4 Å². The van der Waals surface area contributed by atoms with E-state index in [0.717, 1.165) is 23.2 Å². The van der Waals surface area contributed by atoms with Gasteiger partial charge in [0.1, 0.15) is 0 Å². The third kappa shape index (κ3) is 4.68. The molecule has 1 fully saturated rings. The predicted octanol–water partition coefficient (Wildman–Crippen LogP) is 0.901. The summed E-state index contributed by atoms with van der Waals surface area (Å²) >= 11 is 6.19. The van der Waals surface area contributed by atoms with Gasteiger partial charge in [-0.15, -0.1) is 0 Å². The van der Waals surface area contributed by atoms with Crippen LogP contribution in [0.25, 0.3) is 0 Å². The van der Waals surface area contributed by atoms with Gasteiger partial charge in [-0.1, -0.05) is 23.7 Å². The van der Waals surface area contributed by atoms with Gasteiger partial charge in [0.05, 0.1) is 13.2 Å². The number of rotatable bonds is 6. The largest absolute Gasteiger partial charge is 0.379 e. The van der Waals surface area contributed by atoms with Crippen LogP contribution < -0.4 is 16.6 Å². The number of nitrogens with zero attached hydrogens (tertiary/aromatic N) is 3. The van der Waals surface area contributed by atoms with E-state index in [-0.39, 0.29) is 17.3 Å². The van der Waals surface area contributed by atoms with Crippen LogP contribution in [-0.2, 0) is 25.4 Å². The second-order valence-corrected chi connectivity index (χ2v) is 7.20. The monoisotopic (exact) mass is 392 g/mol. The number of morpholine rings is 1. The van der Waals surface area contributed by atoms with Crippen LogP contribution in [0.5, 0.6) is 0 Å². The maximum absolute atomic E-state index is 12.3. The Bertz CT molecular complexity index is 903. The highest BCUT2D eigenvalue weighted by molar-refractivity contribution is 6.30. The first kappa shape index (κ1) is 19.8. The molecule has 1 N–H and O–H groups in total. The first-order valence-corrected chi connectivity index (χ1v) is 9.38. The van der Waals surface area contributed by atoms with E-state index in [1.165, 1.54) is 11.6 Å². The summed E-state index contributed by atoms with van der Waals surface area (Å²) in [4.78, 5) is 26.5. The number of aryl methyl sites for hydroxylation is 1. The maximum Gasteiger partial charge on any atom is 0.330 e. The van der Waals surface area contributed by atoms with Gasteiger partial charge in [0.2, 0.25) is 0 Å². The molecule has 0 spiro atoms. The van der Waals surface area contributed by atoms with Crippen LogP contribution in [0, 0.1) is 0 Å². The third-order valence-corrected chi connectivity index (χ3v) is 5.13. The van der Waals surface area contributed by atoms with E-state index < -0.39 is 0 Å². The van der Waals surface area contributed by atoms with Gasteiger partial charge in [-0.25, -0.2) is 4.79 Å². The molecule has 146 valence electrons. The Morgan fingerprint density at radius 3 is 2.67 bits per heavy atom. The minimum absolute atomic E-state index is 0.129. The molecule has 1 saturated heterocycles. The van der Waals surface area contributed by atoms with E-state index in [2.05, 4.69) is 16.3 Å². The number of benzene rings is 1. The number of aromatic nitrogens is 2. The van der Waals surface area contributed by atoms with Crippen LogP contribution in [0.15, 0.2) is 40.1 Å².